The molecule has 158 valence electrons. The fourth-order valence-electron chi connectivity index (χ4n) is 5.90. The number of hydrogen-bond acceptors (Lipinski definition) is 0. The smallest absolute Gasteiger partial charge is 0.00667 e. The van der Waals surface area contributed by atoms with Crippen LogP contribution in [0.4, 0.5) is 0 Å². The van der Waals surface area contributed by atoms with Crippen molar-refractivity contribution in [2.24, 2.45) is 0 Å². The molecule has 0 amide bonds. The van der Waals surface area contributed by atoms with Crippen LogP contribution in [0.3, 0.4) is 0 Å². The molecule has 0 nitrogen and oxygen atoms in total. The van der Waals surface area contributed by atoms with Gasteiger partial charge in [-0.1, -0.05) is 104 Å². The zero-order valence-electron chi connectivity index (χ0n) is 18.9. The molecule has 0 unspecified atom stereocenters. The van der Waals surface area contributed by atoms with Gasteiger partial charge in [0.2, 0.25) is 0 Å². The molecular weight excluding hydrogens is 384 g/mol. The van der Waals surface area contributed by atoms with Crippen molar-refractivity contribution in [2.45, 2.75) is 50.9 Å². The SMILES string of the molecule is C[C@H]1C[C@@H](C2=Cc3ccccc3C2)c2ccc(c3ccccc23)CCCc2ccc1cc2. The van der Waals surface area contributed by atoms with Crippen molar-refractivity contribution in [3.05, 3.63) is 124 Å². The van der Waals surface area contributed by atoms with E-state index >= 15 is 0 Å². The second-order valence-corrected chi connectivity index (χ2v) is 9.74. The highest BCUT2D eigenvalue weighted by Crippen LogP contribution is 2.43. The Morgan fingerprint density at radius 1 is 0.688 bits per heavy atom. The molecule has 5 aliphatic rings. The summed E-state index contributed by atoms with van der Waals surface area (Å²) in [5.41, 5.74) is 10.4. The molecule has 0 heterocycles. The van der Waals surface area contributed by atoms with Crippen LogP contribution in [0, 0.1) is 0 Å². The summed E-state index contributed by atoms with van der Waals surface area (Å²) in [6.45, 7) is 2.41. The van der Waals surface area contributed by atoms with Crippen molar-refractivity contribution < 1.29 is 0 Å². The van der Waals surface area contributed by atoms with Crippen molar-refractivity contribution in [1.82, 2.24) is 0 Å². The van der Waals surface area contributed by atoms with Gasteiger partial charge in [-0.25, -0.2) is 0 Å². The largest absolute Gasteiger partial charge is 0.0619 e. The van der Waals surface area contributed by atoms with Gasteiger partial charge in [0.15, 0.2) is 0 Å². The van der Waals surface area contributed by atoms with Crippen LogP contribution in [-0.4, -0.2) is 0 Å². The topological polar surface area (TPSA) is 0 Å². The highest BCUT2D eigenvalue weighted by Gasteiger charge is 2.26. The second kappa shape index (κ2) is 8.10. The first-order valence-electron chi connectivity index (χ1n) is 12.1. The zero-order valence-corrected chi connectivity index (χ0v) is 18.9. The lowest BCUT2D eigenvalue weighted by molar-refractivity contribution is 0.607. The molecule has 0 radical (unpaired) electrons. The summed E-state index contributed by atoms with van der Waals surface area (Å²) in [6, 6.07) is 32.4. The lowest BCUT2D eigenvalue weighted by atomic mass is 9.78. The lowest BCUT2D eigenvalue weighted by Crippen LogP contribution is -2.09. The van der Waals surface area contributed by atoms with Crippen LogP contribution in [0.25, 0.3) is 16.8 Å². The third-order valence-corrected chi connectivity index (χ3v) is 7.71. The number of benzene rings is 4. The third-order valence-electron chi connectivity index (χ3n) is 7.71. The van der Waals surface area contributed by atoms with Gasteiger partial charge in [0.1, 0.15) is 0 Å². The number of fused-ring (bicyclic) bond motifs is 1. The van der Waals surface area contributed by atoms with E-state index in [0.29, 0.717) is 11.8 Å². The van der Waals surface area contributed by atoms with Crippen molar-refractivity contribution in [1.29, 1.82) is 0 Å². The average molecular weight is 415 g/mol. The predicted molar refractivity (Wildman–Crippen MR) is 136 cm³/mol. The van der Waals surface area contributed by atoms with E-state index in [0.717, 1.165) is 25.7 Å². The minimum atomic E-state index is 0.430. The van der Waals surface area contributed by atoms with Crippen molar-refractivity contribution in [3.8, 4) is 0 Å². The number of hydrogen-bond donors (Lipinski definition) is 0. The molecule has 0 aromatic heterocycles. The van der Waals surface area contributed by atoms with Gasteiger partial charge in [0, 0.05) is 5.92 Å². The van der Waals surface area contributed by atoms with Gasteiger partial charge in [-0.3, -0.25) is 0 Å². The molecule has 4 bridgehead atoms. The van der Waals surface area contributed by atoms with Crippen LogP contribution in [0.5, 0.6) is 0 Å². The summed E-state index contributed by atoms with van der Waals surface area (Å²) in [4.78, 5) is 0. The fourth-order valence-corrected chi connectivity index (χ4v) is 5.90. The van der Waals surface area contributed by atoms with Gasteiger partial charge in [0.05, 0.1) is 0 Å². The van der Waals surface area contributed by atoms with Crippen LogP contribution < -0.4 is 0 Å². The maximum Gasteiger partial charge on any atom is 0.00667 e. The molecular formula is C32H30. The van der Waals surface area contributed by atoms with E-state index in [1.807, 2.05) is 0 Å². The lowest BCUT2D eigenvalue weighted by Gasteiger charge is -2.26. The van der Waals surface area contributed by atoms with Crippen molar-refractivity contribution in [2.75, 3.05) is 0 Å². The minimum absolute atomic E-state index is 0.430. The van der Waals surface area contributed by atoms with Gasteiger partial charge in [-0.2, -0.15) is 0 Å². The molecule has 0 aliphatic heterocycles. The number of rotatable bonds is 1. The van der Waals surface area contributed by atoms with Crippen LogP contribution in [0.15, 0.2) is 90.5 Å². The average Bonchev–Trinajstić information content (AvgIpc) is 3.27. The summed E-state index contributed by atoms with van der Waals surface area (Å²) in [6.07, 6.45) is 8.17. The quantitative estimate of drug-likeness (QED) is 0.294. The molecule has 0 heteroatoms. The summed E-state index contributed by atoms with van der Waals surface area (Å²) in [7, 11) is 0. The molecule has 9 rings (SSSR count). The number of allylic oxidation sites excluding steroid dienone is 1. The summed E-state index contributed by atoms with van der Waals surface area (Å²) >= 11 is 0. The minimum Gasteiger partial charge on any atom is -0.0619 e. The monoisotopic (exact) mass is 414 g/mol. The Balaban J connectivity index is 1.52. The highest BCUT2D eigenvalue weighted by molar-refractivity contribution is 5.90. The molecule has 4 aromatic carbocycles. The standard InChI is InChI=1S/C32H30/c1-22-19-32(28-20-26-8-2-3-9-27(26)21-28)31-18-17-25(29-11-4-5-12-30(29)31)10-6-7-23-13-15-24(22)16-14-23/h2-5,8-9,11-18,20,22,32H,6-7,10,19,21H2,1H3/t22-,32-/m0/s1. The van der Waals surface area contributed by atoms with Gasteiger partial charge in [0.25, 0.3) is 0 Å². The van der Waals surface area contributed by atoms with E-state index < -0.39 is 0 Å². The maximum absolute atomic E-state index is 2.47. The Morgan fingerprint density at radius 3 is 2.31 bits per heavy atom. The Bertz CT molecular complexity index is 1310. The van der Waals surface area contributed by atoms with Gasteiger partial charge in [-0.05, 0) is 82.2 Å². The molecule has 0 N–H and O–H groups in total. The van der Waals surface area contributed by atoms with Crippen LogP contribution in [0.2, 0.25) is 0 Å². The van der Waals surface area contributed by atoms with Crippen LogP contribution in [0.1, 0.15) is 65.0 Å². The molecule has 0 spiro atoms. The maximum atomic E-state index is 2.47. The highest BCUT2D eigenvalue weighted by atomic mass is 14.3. The molecule has 2 atom stereocenters. The van der Waals surface area contributed by atoms with E-state index in [-0.39, 0.29) is 0 Å². The number of aryl methyl sites for hydroxylation is 2. The molecule has 32 heavy (non-hydrogen) atoms. The fraction of sp³-hybridized carbons (Fsp3) is 0.250. The van der Waals surface area contributed by atoms with Crippen molar-refractivity contribution in [3.63, 3.8) is 0 Å². The van der Waals surface area contributed by atoms with Gasteiger partial charge < -0.3 is 0 Å². The van der Waals surface area contributed by atoms with Gasteiger partial charge >= 0.3 is 0 Å². The Kier molecular flexibility index (Phi) is 4.95. The summed E-state index contributed by atoms with van der Waals surface area (Å²) in [5.74, 6) is 0.944. The van der Waals surface area contributed by atoms with Crippen molar-refractivity contribution >= 4 is 16.8 Å². The summed E-state index contributed by atoms with van der Waals surface area (Å²) in [5, 5.41) is 2.90. The predicted octanol–water partition coefficient (Wildman–Crippen LogP) is 8.25. The molecule has 0 saturated heterocycles. The van der Waals surface area contributed by atoms with E-state index in [9.17, 15) is 0 Å². The summed E-state index contributed by atoms with van der Waals surface area (Å²) < 4.78 is 0. The van der Waals surface area contributed by atoms with Gasteiger partial charge in [-0.15, -0.1) is 0 Å². The molecule has 0 fully saturated rings. The van der Waals surface area contributed by atoms with Crippen LogP contribution >= 0.6 is 0 Å². The molecule has 5 aliphatic carbocycles. The first-order valence-corrected chi connectivity index (χ1v) is 12.1. The van der Waals surface area contributed by atoms with E-state index in [1.54, 1.807) is 5.57 Å². The third kappa shape index (κ3) is 3.48. The normalized spacial score (nSPS) is 20.2. The van der Waals surface area contributed by atoms with E-state index in [4.69, 9.17) is 0 Å². The molecule has 0 saturated carbocycles. The Labute approximate surface area is 191 Å². The first kappa shape index (κ1) is 19.6. The molecule has 4 aromatic rings. The first-order chi connectivity index (χ1) is 15.8. The van der Waals surface area contributed by atoms with E-state index in [1.165, 1.54) is 50.6 Å². The Morgan fingerprint density at radius 2 is 1.47 bits per heavy atom. The Hall–Kier alpha value is -3.12. The van der Waals surface area contributed by atoms with Crippen LogP contribution in [-0.2, 0) is 19.3 Å². The zero-order chi connectivity index (χ0) is 21.5. The van der Waals surface area contributed by atoms with E-state index in [2.05, 4.69) is 97.9 Å². The second-order valence-electron chi connectivity index (χ2n) is 9.74.